The third-order valence-corrected chi connectivity index (χ3v) is 4.00. The molecule has 0 aliphatic carbocycles. The minimum absolute atomic E-state index is 0.0505. The molecule has 0 atom stereocenters. The van der Waals surface area contributed by atoms with Crippen LogP contribution in [0.25, 0.3) is 0 Å². The van der Waals surface area contributed by atoms with Gasteiger partial charge in [-0.15, -0.1) is 0 Å². The first-order chi connectivity index (χ1) is 8.91. The number of rotatable bonds is 6. The predicted molar refractivity (Wildman–Crippen MR) is 88.2 cm³/mol. The van der Waals surface area contributed by atoms with Crippen molar-refractivity contribution in [2.75, 3.05) is 19.6 Å². The van der Waals surface area contributed by atoms with Crippen molar-refractivity contribution in [3.63, 3.8) is 0 Å². The molecule has 3 nitrogen and oxygen atoms in total. The fraction of sp³-hybridized carbons (Fsp3) is 0.533. The van der Waals surface area contributed by atoms with E-state index in [1.165, 1.54) is 0 Å². The number of nitrogens with zero attached hydrogens (tertiary/aromatic N) is 1. The highest BCUT2D eigenvalue weighted by Crippen LogP contribution is 2.19. The molecule has 0 heterocycles. The van der Waals surface area contributed by atoms with E-state index in [1.54, 1.807) is 0 Å². The van der Waals surface area contributed by atoms with Crippen LogP contribution in [-0.4, -0.2) is 30.4 Å². The van der Waals surface area contributed by atoms with Crippen LogP contribution in [0.1, 0.15) is 37.6 Å². The molecule has 0 unspecified atom stereocenters. The molecule has 0 spiro atoms. The topological polar surface area (TPSA) is 46.3 Å². The van der Waals surface area contributed by atoms with Crippen molar-refractivity contribution in [1.82, 2.24) is 4.90 Å². The van der Waals surface area contributed by atoms with Crippen LogP contribution in [0.4, 0.5) is 0 Å². The molecule has 0 fully saturated rings. The average molecular weight is 374 g/mol. The van der Waals surface area contributed by atoms with Gasteiger partial charge in [-0.3, -0.25) is 4.79 Å². The zero-order chi connectivity index (χ0) is 14.5. The maximum Gasteiger partial charge on any atom is 0.254 e. The molecule has 0 saturated heterocycles. The Kier molecular flexibility index (Phi) is 6.26. The van der Waals surface area contributed by atoms with Gasteiger partial charge in [0.05, 0.1) is 5.56 Å². The van der Waals surface area contributed by atoms with Crippen LogP contribution in [0, 0.1) is 8.99 Å². The summed E-state index contributed by atoms with van der Waals surface area (Å²) in [7, 11) is 0. The summed E-state index contributed by atoms with van der Waals surface area (Å²) < 4.78 is 0.997. The molecule has 1 rings (SSSR count). The van der Waals surface area contributed by atoms with E-state index in [0.29, 0.717) is 13.1 Å². The molecule has 0 bridgehead atoms. The van der Waals surface area contributed by atoms with Gasteiger partial charge in [0.25, 0.3) is 5.91 Å². The van der Waals surface area contributed by atoms with Crippen LogP contribution in [0.3, 0.4) is 0 Å². The van der Waals surface area contributed by atoms with Crippen LogP contribution in [0.15, 0.2) is 24.3 Å². The monoisotopic (exact) mass is 374 g/mol. The Morgan fingerprint density at radius 2 is 2.00 bits per heavy atom. The van der Waals surface area contributed by atoms with Gasteiger partial charge in [-0.05, 0) is 53.1 Å². The average Bonchev–Trinajstić information content (AvgIpc) is 2.38. The Labute approximate surface area is 129 Å². The SMILES string of the molecule is CCCN(CC(C)(C)CN)C(=O)c1ccccc1I. The number of carbonyl (C=O) groups excluding carboxylic acids is 1. The molecule has 0 saturated carbocycles. The fourth-order valence-electron chi connectivity index (χ4n) is 1.91. The van der Waals surface area contributed by atoms with Crippen molar-refractivity contribution < 1.29 is 4.79 Å². The summed E-state index contributed by atoms with van der Waals surface area (Å²) >= 11 is 2.21. The normalized spacial score (nSPS) is 11.4. The van der Waals surface area contributed by atoms with Crippen LogP contribution in [0.2, 0.25) is 0 Å². The van der Waals surface area contributed by atoms with Crippen molar-refractivity contribution in [2.45, 2.75) is 27.2 Å². The lowest BCUT2D eigenvalue weighted by Crippen LogP contribution is -2.42. The second kappa shape index (κ2) is 7.24. The lowest BCUT2D eigenvalue weighted by molar-refractivity contribution is 0.0688. The van der Waals surface area contributed by atoms with Crippen molar-refractivity contribution in [2.24, 2.45) is 11.1 Å². The summed E-state index contributed by atoms with van der Waals surface area (Å²) in [5.41, 5.74) is 6.51. The van der Waals surface area contributed by atoms with Gasteiger partial charge in [-0.2, -0.15) is 0 Å². The summed E-state index contributed by atoms with van der Waals surface area (Å²) in [6.45, 7) is 8.32. The Morgan fingerprint density at radius 3 is 2.53 bits per heavy atom. The first-order valence-electron chi connectivity index (χ1n) is 6.65. The van der Waals surface area contributed by atoms with Gasteiger partial charge in [0.15, 0.2) is 0 Å². The molecule has 0 aliphatic heterocycles. The first kappa shape index (κ1) is 16.4. The minimum Gasteiger partial charge on any atom is -0.338 e. The van der Waals surface area contributed by atoms with Gasteiger partial charge in [0.1, 0.15) is 0 Å². The Balaban J connectivity index is 2.93. The van der Waals surface area contributed by atoms with Gasteiger partial charge in [-0.25, -0.2) is 0 Å². The van der Waals surface area contributed by atoms with E-state index in [9.17, 15) is 4.79 Å². The van der Waals surface area contributed by atoms with Gasteiger partial charge in [0.2, 0.25) is 0 Å². The lowest BCUT2D eigenvalue weighted by atomic mass is 9.92. The lowest BCUT2D eigenvalue weighted by Gasteiger charge is -2.32. The summed E-state index contributed by atoms with van der Waals surface area (Å²) in [6.07, 6.45) is 0.954. The summed E-state index contributed by atoms with van der Waals surface area (Å²) in [5.74, 6) is 0.105. The van der Waals surface area contributed by atoms with Gasteiger partial charge < -0.3 is 10.6 Å². The van der Waals surface area contributed by atoms with E-state index >= 15 is 0 Å². The van der Waals surface area contributed by atoms with E-state index < -0.39 is 0 Å². The van der Waals surface area contributed by atoms with E-state index in [1.807, 2.05) is 29.2 Å². The van der Waals surface area contributed by atoms with Crippen LogP contribution < -0.4 is 5.73 Å². The third-order valence-electron chi connectivity index (χ3n) is 3.06. The number of nitrogens with two attached hydrogens (primary N) is 1. The van der Waals surface area contributed by atoms with E-state index in [-0.39, 0.29) is 11.3 Å². The Bertz CT molecular complexity index is 432. The van der Waals surface area contributed by atoms with E-state index in [4.69, 9.17) is 5.73 Å². The molecular weight excluding hydrogens is 351 g/mol. The largest absolute Gasteiger partial charge is 0.338 e. The van der Waals surface area contributed by atoms with Crippen LogP contribution in [-0.2, 0) is 0 Å². The highest BCUT2D eigenvalue weighted by atomic mass is 127. The van der Waals surface area contributed by atoms with E-state index in [0.717, 1.165) is 22.1 Å². The summed E-state index contributed by atoms with van der Waals surface area (Å²) in [4.78, 5) is 14.6. The highest BCUT2D eigenvalue weighted by Gasteiger charge is 2.24. The van der Waals surface area contributed by atoms with Crippen molar-refractivity contribution in [3.05, 3.63) is 33.4 Å². The molecule has 2 N–H and O–H groups in total. The molecule has 106 valence electrons. The standard InChI is InChI=1S/C15H23IN2O/c1-4-9-18(11-15(2,3)10-17)14(19)12-7-5-6-8-13(12)16/h5-8H,4,9-11,17H2,1-3H3. The number of hydrogen-bond donors (Lipinski definition) is 1. The molecule has 0 aromatic heterocycles. The molecule has 1 aromatic rings. The third kappa shape index (κ3) is 4.76. The van der Waals surface area contributed by atoms with E-state index in [2.05, 4.69) is 43.4 Å². The first-order valence-corrected chi connectivity index (χ1v) is 7.73. The molecule has 19 heavy (non-hydrogen) atoms. The number of hydrogen-bond acceptors (Lipinski definition) is 2. The van der Waals surface area contributed by atoms with Crippen molar-refractivity contribution in [3.8, 4) is 0 Å². The van der Waals surface area contributed by atoms with Crippen molar-refractivity contribution >= 4 is 28.5 Å². The molecule has 1 amide bonds. The summed E-state index contributed by atoms with van der Waals surface area (Å²) in [6, 6.07) is 7.72. The second-order valence-corrected chi connectivity index (χ2v) is 6.74. The number of amides is 1. The van der Waals surface area contributed by atoms with Crippen LogP contribution in [0.5, 0.6) is 0 Å². The number of carbonyl (C=O) groups is 1. The van der Waals surface area contributed by atoms with Crippen molar-refractivity contribution in [1.29, 1.82) is 0 Å². The van der Waals surface area contributed by atoms with Gasteiger partial charge in [-0.1, -0.05) is 32.9 Å². The molecule has 4 heteroatoms. The molecule has 0 aliphatic rings. The second-order valence-electron chi connectivity index (χ2n) is 5.57. The zero-order valence-electron chi connectivity index (χ0n) is 11.9. The van der Waals surface area contributed by atoms with Gasteiger partial charge in [0, 0.05) is 16.7 Å². The zero-order valence-corrected chi connectivity index (χ0v) is 14.1. The highest BCUT2D eigenvalue weighted by molar-refractivity contribution is 14.1. The predicted octanol–water partition coefficient (Wildman–Crippen LogP) is 3.13. The Hall–Kier alpha value is -0.620. The molecule has 0 radical (unpaired) electrons. The molecule has 1 aromatic carbocycles. The number of halogens is 1. The maximum absolute atomic E-state index is 12.6. The smallest absolute Gasteiger partial charge is 0.254 e. The molecular formula is C15H23IN2O. The quantitative estimate of drug-likeness (QED) is 0.778. The minimum atomic E-state index is -0.0505. The summed E-state index contributed by atoms with van der Waals surface area (Å²) in [5, 5.41) is 0. The Morgan fingerprint density at radius 1 is 1.37 bits per heavy atom. The number of benzene rings is 1. The van der Waals surface area contributed by atoms with Crippen LogP contribution >= 0.6 is 22.6 Å². The van der Waals surface area contributed by atoms with Gasteiger partial charge >= 0.3 is 0 Å². The maximum atomic E-state index is 12.6. The fourth-order valence-corrected chi connectivity index (χ4v) is 2.53.